The lowest BCUT2D eigenvalue weighted by molar-refractivity contribution is 0.0512. The van der Waals surface area contributed by atoms with E-state index in [9.17, 15) is 9.59 Å². The molecule has 2 aromatic rings. The Morgan fingerprint density at radius 1 is 1.32 bits per heavy atom. The van der Waals surface area contributed by atoms with Gasteiger partial charge in [-0.05, 0) is 31.7 Å². The van der Waals surface area contributed by atoms with Crippen LogP contribution in [0.5, 0.6) is 0 Å². The molecule has 1 aliphatic carbocycles. The van der Waals surface area contributed by atoms with Crippen LogP contribution in [0.15, 0.2) is 6.33 Å². The molecule has 1 amide bonds. The van der Waals surface area contributed by atoms with Gasteiger partial charge in [0.05, 0.1) is 18.6 Å². The highest BCUT2D eigenvalue weighted by Gasteiger charge is 2.32. The predicted octanol–water partition coefficient (Wildman–Crippen LogP) is 1.43. The Balaban J connectivity index is 1.51. The van der Waals surface area contributed by atoms with Crippen LogP contribution in [-0.2, 0) is 17.6 Å². The summed E-state index contributed by atoms with van der Waals surface area (Å²) in [6.07, 6.45) is 5.28. The van der Waals surface area contributed by atoms with E-state index in [1.165, 1.54) is 30.4 Å². The standard InChI is InChI=1S/C17H21N5O3/c1-2-25-17(24)15-14(18-9-19-15)16(23)22-7-5-11-12(6-8-22)20-21-13(11)10-3-4-10/h9-10H,2-8H2,1H3,(H,18,19)(H,20,21). The van der Waals surface area contributed by atoms with Gasteiger partial charge in [-0.1, -0.05) is 0 Å². The first-order valence-corrected chi connectivity index (χ1v) is 8.74. The van der Waals surface area contributed by atoms with E-state index in [0.29, 0.717) is 19.0 Å². The minimum absolute atomic E-state index is 0.120. The number of nitrogens with one attached hydrogen (secondary N) is 2. The molecule has 0 spiro atoms. The number of carbonyl (C=O) groups is 2. The fourth-order valence-electron chi connectivity index (χ4n) is 3.37. The van der Waals surface area contributed by atoms with E-state index in [-0.39, 0.29) is 23.9 Å². The number of hydrogen-bond donors (Lipinski definition) is 2. The molecular weight excluding hydrogens is 322 g/mol. The summed E-state index contributed by atoms with van der Waals surface area (Å²) in [5, 5.41) is 7.62. The second-order valence-electron chi connectivity index (χ2n) is 6.48. The Morgan fingerprint density at radius 2 is 2.12 bits per heavy atom. The van der Waals surface area contributed by atoms with Crippen molar-refractivity contribution in [2.24, 2.45) is 0 Å². The SMILES string of the molecule is CCOC(=O)c1[nH]cnc1C(=O)N1CCc2[nH]nc(C3CC3)c2CC1. The third-order valence-corrected chi connectivity index (χ3v) is 4.82. The van der Waals surface area contributed by atoms with Crippen molar-refractivity contribution in [2.75, 3.05) is 19.7 Å². The van der Waals surface area contributed by atoms with Crippen LogP contribution in [0.25, 0.3) is 0 Å². The Kier molecular flexibility index (Phi) is 4.03. The number of hydrogen-bond acceptors (Lipinski definition) is 5. The zero-order valence-electron chi connectivity index (χ0n) is 14.2. The number of H-pyrrole nitrogens is 2. The number of fused-ring (bicyclic) bond motifs is 1. The van der Waals surface area contributed by atoms with Gasteiger partial charge in [0.15, 0.2) is 11.4 Å². The first-order chi connectivity index (χ1) is 12.2. The first-order valence-electron chi connectivity index (χ1n) is 8.74. The monoisotopic (exact) mass is 343 g/mol. The van der Waals surface area contributed by atoms with E-state index in [1.807, 2.05) is 0 Å². The number of carbonyl (C=O) groups excluding carboxylic acids is 2. The molecule has 0 bridgehead atoms. The molecule has 2 aliphatic rings. The molecule has 0 aromatic carbocycles. The van der Waals surface area contributed by atoms with Crippen LogP contribution in [0, 0.1) is 0 Å². The van der Waals surface area contributed by atoms with Crippen LogP contribution in [0.2, 0.25) is 0 Å². The summed E-state index contributed by atoms with van der Waals surface area (Å²) in [7, 11) is 0. The van der Waals surface area contributed by atoms with Gasteiger partial charge in [-0.15, -0.1) is 0 Å². The highest BCUT2D eigenvalue weighted by molar-refractivity contribution is 6.02. The van der Waals surface area contributed by atoms with E-state index in [2.05, 4.69) is 20.2 Å². The molecule has 25 heavy (non-hydrogen) atoms. The summed E-state index contributed by atoms with van der Waals surface area (Å²) in [5.41, 5.74) is 3.83. The van der Waals surface area contributed by atoms with Crippen molar-refractivity contribution in [3.8, 4) is 0 Å². The number of esters is 1. The third kappa shape index (κ3) is 2.92. The van der Waals surface area contributed by atoms with Crippen molar-refractivity contribution in [2.45, 2.75) is 38.5 Å². The third-order valence-electron chi connectivity index (χ3n) is 4.82. The van der Waals surface area contributed by atoms with E-state index < -0.39 is 5.97 Å². The molecule has 0 atom stereocenters. The maximum atomic E-state index is 12.9. The molecule has 8 nitrogen and oxygen atoms in total. The van der Waals surface area contributed by atoms with Gasteiger partial charge < -0.3 is 14.6 Å². The summed E-state index contributed by atoms with van der Waals surface area (Å²) in [6.45, 7) is 3.15. The number of rotatable bonds is 4. The molecule has 0 saturated heterocycles. The van der Waals surface area contributed by atoms with Gasteiger partial charge in [-0.2, -0.15) is 5.10 Å². The Labute approximate surface area is 145 Å². The molecule has 3 heterocycles. The molecule has 1 saturated carbocycles. The normalized spacial score (nSPS) is 17.1. The summed E-state index contributed by atoms with van der Waals surface area (Å²) in [5.74, 6) is -0.206. The van der Waals surface area contributed by atoms with Crippen molar-refractivity contribution >= 4 is 11.9 Å². The number of ether oxygens (including phenoxy) is 1. The fourth-order valence-corrected chi connectivity index (χ4v) is 3.37. The van der Waals surface area contributed by atoms with E-state index in [4.69, 9.17) is 4.74 Å². The molecule has 4 rings (SSSR count). The van der Waals surface area contributed by atoms with Crippen molar-refractivity contribution in [1.82, 2.24) is 25.1 Å². The minimum atomic E-state index is -0.552. The van der Waals surface area contributed by atoms with Crippen molar-refractivity contribution in [1.29, 1.82) is 0 Å². The predicted molar refractivity (Wildman–Crippen MR) is 88.4 cm³/mol. The Hall–Kier alpha value is -2.64. The van der Waals surface area contributed by atoms with Crippen molar-refractivity contribution in [3.63, 3.8) is 0 Å². The number of aromatic nitrogens is 4. The fraction of sp³-hybridized carbons (Fsp3) is 0.529. The van der Waals surface area contributed by atoms with Gasteiger partial charge in [0.2, 0.25) is 0 Å². The van der Waals surface area contributed by atoms with Gasteiger partial charge in [-0.25, -0.2) is 9.78 Å². The lowest BCUT2D eigenvalue weighted by atomic mass is 10.1. The summed E-state index contributed by atoms with van der Waals surface area (Å²) in [6, 6.07) is 0. The molecule has 0 radical (unpaired) electrons. The van der Waals surface area contributed by atoms with Gasteiger partial charge in [-0.3, -0.25) is 9.89 Å². The maximum absolute atomic E-state index is 12.9. The van der Waals surface area contributed by atoms with Crippen LogP contribution in [-0.4, -0.2) is 56.6 Å². The molecule has 0 unspecified atom stereocenters. The topological polar surface area (TPSA) is 104 Å². The molecule has 132 valence electrons. The average Bonchev–Trinajstić information content (AvgIpc) is 3.26. The second kappa shape index (κ2) is 6.34. The van der Waals surface area contributed by atoms with Crippen LogP contribution < -0.4 is 0 Å². The molecule has 2 aromatic heterocycles. The average molecular weight is 343 g/mol. The van der Waals surface area contributed by atoms with Gasteiger partial charge in [0.1, 0.15) is 0 Å². The van der Waals surface area contributed by atoms with Crippen LogP contribution in [0.1, 0.15) is 63.6 Å². The largest absolute Gasteiger partial charge is 0.461 e. The zero-order valence-corrected chi connectivity index (χ0v) is 14.2. The molecule has 1 fully saturated rings. The van der Waals surface area contributed by atoms with Gasteiger partial charge in [0.25, 0.3) is 5.91 Å². The number of nitrogens with zero attached hydrogens (tertiary/aromatic N) is 3. The Bertz CT molecular complexity index is 805. The van der Waals surface area contributed by atoms with Crippen LogP contribution >= 0.6 is 0 Å². The molecule has 8 heteroatoms. The van der Waals surface area contributed by atoms with Gasteiger partial charge in [0, 0.05) is 31.1 Å². The smallest absolute Gasteiger partial charge is 0.357 e. The minimum Gasteiger partial charge on any atom is -0.461 e. The first kappa shape index (κ1) is 15.9. The number of imidazole rings is 1. The molecular formula is C17H21N5O3. The zero-order chi connectivity index (χ0) is 17.4. The number of aromatic amines is 2. The summed E-state index contributed by atoms with van der Waals surface area (Å²) in [4.78, 5) is 33.3. The summed E-state index contributed by atoms with van der Waals surface area (Å²) < 4.78 is 4.98. The highest BCUT2D eigenvalue weighted by atomic mass is 16.5. The summed E-state index contributed by atoms with van der Waals surface area (Å²) >= 11 is 0. The molecule has 2 N–H and O–H groups in total. The second-order valence-corrected chi connectivity index (χ2v) is 6.48. The quantitative estimate of drug-likeness (QED) is 0.817. The lowest BCUT2D eigenvalue weighted by Crippen LogP contribution is -2.34. The van der Waals surface area contributed by atoms with E-state index in [0.717, 1.165) is 18.5 Å². The lowest BCUT2D eigenvalue weighted by Gasteiger charge is -2.19. The maximum Gasteiger partial charge on any atom is 0.357 e. The van der Waals surface area contributed by atoms with Crippen molar-refractivity contribution in [3.05, 3.63) is 34.7 Å². The van der Waals surface area contributed by atoms with Crippen molar-refractivity contribution < 1.29 is 14.3 Å². The van der Waals surface area contributed by atoms with Gasteiger partial charge >= 0.3 is 5.97 Å². The molecule has 1 aliphatic heterocycles. The number of amides is 1. The van der Waals surface area contributed by atoms with Crippen LogP contribution in [0.3, 0.4) is 0 Å². The van der Waals surface area contributed by atoms with E-state index in [1.54, 1.807) is 11.8 Å². The Morgan fingerprint density at radius 3 is 2.88 bits per heavy atom. The van der Waals surface area contributed by atoms with E-state index >= 15 is 0 Å². The highest BCUT2D eigenvalue weighted by Crippen LogP contribution is 2.41. The van der Waals surface area contributed by atoms with Crippen LogP contribution in [0.4, 0.5) is 0 Å².